The van der Waals surface area contributed by atoms with Crippen LogP contribution < -0.4 is 0 Å². The van der Waals surface area contributed by atoms with E-state index in [2.05, 4.69) is 19.6 Å². The zero-order valence-electron chi connectivity index (χ0n) is 19.9. The van der Waals surface area contributed by atoms with Gasteiger partial charge in [0.25, 0.3) is 0 Å². The van der Waals surface area contributed by atoms with Crippen molar-refractivity contribution in [3.05, 3.63) is 41.0 Å². The van der Waals surface area contributed by atoms with Crippen LogP contribution in [0.15, 0.2) is 34.8 Å². The van der Waals surface area contributed by atoms with Gasteiger partial charge in [0.15, 0.2) is 0 Å². The summed E-state index contributed by atoms with van der Waals surface area (Å²) in [5, 5.41) is 22.5. The molecule has 2 unspecified atom stereocenters. The molecule has 0 radical (unpaired) electrons. The van der Waals surface area contributed by atoms with Gasteiger partial charge >= 0.3 is 0 Å². The summed E-state index contributed by atoms with van der Waals surface area (Å²) in [6.45, 7) is 11.2. The fraction of sp³-hybridized carbons (Fsp3) is 0.615. The number of aromatic hydroxyl groups is 2. The van der Waals surface area contributed by atoms with E-state index in [9.17, 15) is 18.6 Å². The number of phenolic OH excluding ortho intramolecular Hbond substituents is 2. The number of benzene rings is 1. The second kappa shape index (κ2) is 10.4. The minimum Gasteiger partial charge on any atom is -0.507 e. The Balaban J connectivity index is 2.19. The molecule has 1 saturated heterocycles. The Bertz CT molecular complexity index is 974. The van der Waals surface area contributed by atoms with Crippen molar-refractivity contribution in [2.75, 3.05) is 13.1 Å². The van der Waals surface area contributed by atoms with Gasteiger partial charge in [-0.25, -0.2) is 8.42 Å². The summed E-state index contributed by atoms with van der Waals surface area (Å²) in [5.74, 6) is -0.536. The number of hydrogen-bond acceptors (Lipinski definition) is 4. The summed E-state index contributed by atoms with van der Waals surface area (Å²) >= 11 is 0. The third kappa shape index (κ3) is 5.07. The van der Waals surface area contributed by atoms with Gasteiger partial charge in [0.2, 0.25) is 10.0 Å². The molecule has 178 valence electrons. The summed E-state index contributed by atoms with van der Waals surface area (Å²) in [4.78, 5) is 0.000366. The Kier molecular flexibility index (Phi) is 8.10. The molecule has 2 atom stereocenters. The van der Waals surface area contributed by atoms with Crippen LogP contribution in [0.3, 0.4) is 0 Å². The highest BCUT2D eigenvalue weighted by molar-refractivity contribution is 7.89. The summed E-state index contributed by atoms with van der Waals surface area (Å²) in [6, 6.07) is 1.59. The summed E-state index contributed by atoms with van der Waals surface area (Å²) in [7, 11) is -3.86. The molecule has 6 heteroatoms. The van der Waals surface area contributed by atoms with Crippen LogP contribution in [0.25, 0.3) is 0 Å². The van der Waals surface area contributed by atoms with E-state index in [0.29, 0.717) is 30.6 Å². The third-order valence-electron chi connectivity index (χ3n) is 7.02. The number of aryl methyl sites for hydroxylation is 1. The van der Waals surface area contributed by atoms with Crippen molar-refractivity contribution in [1.82, 2.24) is 4.31 Å². The maximum absolute atomic E-state index is 13.7. The van der Waals surface area contributed by atoms with E-state index < -0.39 is 10.0 Å². The largest absolute Gasteiger partial charge is 0.507 e. The first-order valence-corrected chi connectivity index (χ1v) is 13.5. The lowest BCUT2D eigenvalue weighted by Crippen LogP contribution is -2.36. The number of nitrogens with zero attached hydrogens (tertiary/aromatic N) is 1. The second-order valence-corrected chi connectivity index (χ2v) is 11.5. The molecule has 0 aromatic heterocycles. The molecule has 1 fully saturated rings. The molecule has 32 heavy (non-hydrogen) atoms. The van der Waals surface area contributed by atoms with Gasteiger partial charge in [-0.3, -0.25) is 0 Å². The first kappa shape index (κ1) is 24.8. The van der Waals surface area contributed by atoms with Crippen LogP contribution in [-0.4, -0.2) is 36.0 Å². The van der Waals surface area contributed by atoms with E-state index in [1.165, 1.54) is 9.88 Å². The maximum Gasteiger partial charge on any atom is 0.247 e. The molecule has 0 amide bonds. The lowest BCUT2D eigenvalue weighted by atomic mass is 9.73. The van der Waals surface area contributed by atoms with Crippen LogP contribution in [0, 0.1) is 5.92 Å². The van der Waals surface area contributed by atoms with Crippen LogP contribution in [0.5, 0.6) is 11.5 Å². The van der Waals surface area contributed by atoms with E-state index >= 15 is 0 Å². The van der Waals surface area contributed by atoms with Crippen LogP contribution >= 0.6 is 0 Å². The smallest absolute Gasteiger partial charge is 0.247 e. The van der Waals surface area contributed by atoms with Crippen LogP contribution in [0.2, 0.25) is 0 Å². The maximum atomic E-state index is 13.7. The molecule has 0 bridgehead atoms. The van der Waals surface area contributed by atoms with Gasteiger partial charge in [-0.05, 0) is 69.9 Å². The molecule has 0 spiro atoms. The van der Waals surface area contributed by atoms with Crippen molar-refractivity contribution < 1.29 is 18.6 Å². The number of piperidine rings is 1. The number of unbranched alkanes of at least 4 members (excludes halogenated alkanes) is 2. The van der Waals surface area contributed by atoms with Crippen LogP contribution in [0.4, 0.5) is 0 Å². The zero-order chi connectivity index (χ0) is 23.5. The summed E-state index contributed by atoms with van der Waals surface area (Å²) in [6.07, 6.45) is 9.86. The average Bonchev–Trinajstić information content (AvgIpc) is 2.74. The van der Waals surface area contributed by atoms with Crippen molar-refractivity contribution in [2.45, 2.75) is 89.4 Å². The fourth-order valence-electron chi connectivity index (χ4n) is 5.21. The SMILES string of the molecule is C=C(C)C1CCC(C)=CC1c1c(O)cc(CCCCC)c(S(=O)(=O)N2CCCCC2)c1O. The Labute approximate surface area is 193 Å². The quantitative estimate of drug-likeness (QED) is 0.366. The number of hydrogen-bond donors (Lipinski definition) is 2. The van der Waals surface area contributed by atoms with Crippen molar-refractivity contribution in [1.29, 1.82) is 0 Å². The topological polar surface area (TPSA) is 77.8 Å². The predicted octanol–water partition coefficient (Wildman–Crippen LogP) is 6.02. The normalized spacial score (nSPS) is 22.5. The first-order chi connectivity index (χ1) is 15.2. The van der Waals surface area contributed by atoms with Gasteiger partial charge in [-0.15, -0.1) is 0 Å². The summed E-state index contributed by atoms with van der Waals surface area (Å²) < 4.78 is 29.0. The standard InChI is InChI=1S/C26H39NO4S/c1-5-6-8-11-20-17-23(28)24(22-16-19(4)12-13-21(22)18(2)3)25(29)26(20)32(30,31)27-14-9-7-10-15-27/h16-17,21-22,28-29H,2,5-15H2,1,3-4H3. The molecule has 1 aliphatic heterocycles. The summed E-state index contributed by atoms with van der Waals surface area (Å²) in [5.41, 5.74) is 3.00. The average molecular weight is 462 g/mol. The van der Waals surface area contributed by atoms with E-state index in [0.717, 1.165) is 56.9 Å². The molecular formula is C26H39NO4S. The van der Waals surface area contributed by atoms with E-state index in [-0.39, 0.29) is 28.2 Å². The van der Waals surface area contributed by atoms with Crippen LogP contribution in [-0.2, 0) is 16.4 Å². The molecule has 1 heterocycles. The molecule has 5 nitrogen and oxygen atoms in total. The van der Waals surface area contributed by atoms with Crippen molar-refractivity contribution in [3.8, 4) is 11.5 Å². The van der Waals surface area contributed by atoms with E-state index in [1.54, 1.807) is 6.07 Å². The minimum absolute atomic E-state index is 0.000366. The lowest BCUT2D eigenvalue weighted by molar-refractivity contribution is 0.342. The van der Waals surface area contributed by atoms with Crippen molar-refractivity contribution in [2.24, 2.45) is 5.92 Å². The van der Waals surface area contributed by atoms with Gasteiger partial charge in [-0.1, -0.05) is 50.0 Å². The fourth-order valence-corrected chi connectivity index (χ4v) is 7.06. The van der Waals surface area contributed by atoms with Crippen LogP contribution in [0.1, 0.15) is 89.2 Å². The molecule has 2 aliphatic rings. The number of rotatable bonds is 8. The highest BCUT2D eigenvalue weighted by Gasteiger charge is 2.37. The van der Waals surface area contributed by atoms with Crippen molar-refractivity contribution in [3.63, 3.8) is 0 Å². The number of phenols is 2. The molecular weight excluding hydrogens is 422 g/mol. The van der Waals surface area contributed by atoms with Gasteiger partial charge < -0.3 is 10.2 Å². The Morgan fingerprint density at radius 3 is 2.50 bits per heavy atom. The van der Waals surface area contributed by atoms with Gasteiger partial charge in [-0.2, -0.15) is 4.31 Å². The van der Waals surface area contributed by atoms with Gasteiger partial charge in [0, 0.05) is 24.6 Å². The van der Waals surface area contributed by atoms with Crippen molar-refractivity contribution >= 4 is 10.0 Å². The zero-order valence-corrected chi connectivity index (χ0v) is 20.7. The number of allylic oxidation sites excluding steroid dienone is 3. The molecule has 1 aliphatic carbocycles. The molecule has 3 rings (SSSR count). The molecule has 2 N–H and O–H groups in total. The Morgan fingerprint density at radius 2 is 1.88 bits per heavy atom. The Morgan fingerprint density at radius 1 is 1.19 bits per heavy atom. The Hall–Kier alpha value is -1.79. The third-order valence-corrected chi connectivity index (χ3v) is 9.04. The minimum atomic E-state index is -3.86. The second-order valence-electron chi connectivity index (χ2n) is 9.60. The predicted molar refractivity (Wildman–Crippen MR) is 130 cm³/mol. The molecule has 0 saturated carbocycles. The lowest BCUT2D eigenvalue weighted by Gasteiger charge is -2.33. The van der Waals surface area contributed by atoms with Gasteiger partial charge in [0.05, 0.1) is 0 Å². The highest BCUT2D eigenvalue weighted by Crippen LogP contribution is 2.49. The van der Waals surface area contributed by atoms with Gasteiger partial charge in [0.1, 0.15) is 16.4 Å². The first-order valence-electron chi connectivity index (χ1n) is 12.1. The number of sulfonamides is 1. The monoisotopic (exact) mass is 461 g/mol. The molecule has 1 aromatic carbocycles. The molecule has 1 aromatic rings. The highest BCUT2D eigenvalue weighted by atomic mass is 32.2. The van der Waals surface area contributed by atoms with E-state index in [4.69, 9.17) is 0 Å². The van der Waals surface area contributed by atoms with E-state index in [1.807, 2.05) is 13.8 Å².